The molecule has 0 atom stereocenters. The molecule has 0 saturated heterocycles. The molecule has 1 amide bonds. The Morgan fingerprint density at radius 2 is 2.00 bits per heavy atom. The number of benzene rings is 2. The second-order valence-corrected chi connectivity index (χ2v) is 5.40. The first-order chi connectivity index (χ1) is 11.0. The third kappa shape index (κ3) is 4.21. The van der Waals surface area contributed by atoms with Gasteiger partial charge in [0.2, 0.25) is 0 Å². The lowest BCUT2D eigenvalue weighted by molar-refractivity contribution is 0.0944. The summed E-state index contributed by atoms with van der Waals surface area (Å²) in [6, 6.07) is 9.96. The van der Waals surface area contributed by atoms with E-state index in [4.69, 9.17) is 16.7 Å². The predicted molar refractivity (Wildman–Crippen MR) is 89.3 cm³/mol. The number of anilines is 1. The maximum absolute atomic E-state index is 13.4. The summed E-state index contributed by atoms with van der Waals surface area (Å²) in [7, 11) is 0. The summed E-state index contributed by atoms with van der Waals surface area (Å²) in [6.45, 7) is 2.26. The monoisotopic (exact) mass is 336 g/mol. The molecule has 0 unspecified atom stereocenters. The van der Waals surface area contributed by atoms with E-state index in [1.54, 1.807) is 24.3 Å². The van der Waals surface area contributed by atoms with Gasteiger partial charge in [-0.3, -0.25) is 4.79 Å². The Morgan fingerprint density at radius 1 is 1.26 bits per heavy atom. The fraction of sp³-hybridized carbons (Fsp3) is 0.235. The lowest BCUT2D eigenvalue weighted by Gasteiger charge is -2.14. The highest BCUT2D eigenvalue weighted by atomic mass is 35.5. The zero-order chi connectivity index (χ0) is 16.8. The first-order valence-corrected chi connectivity index (χ1v) is 7.57. The van der Waals surface area contributed by atoms with E-state index in [0.29, 0.717) is 17.7 Å². The van der Waals surface area contributed by atoms with Gasteiger partial charge in [-0.25, -0.2) is 4.39 Å². The lowest BCUT2D eigenvalue weighted by Crippen LogP contribution is -2.27. The summed E-state index contributed by atoms with van der Waals surface area (Å²) in [5.41, 5.74) is 2.70. The van der Waals surface area contributed by atoms with Gasteiger partial charge in [0.25, 0.3) is 5.91 Å². The number of aliphatic hydroxyl groups excluding tert-OH is 1. The smallest absolute Gasteiger partial charge is 0.251 e. The van der Waals surface area contributed by atoms with Crippen LogP contribution in [0.25, 0.3) is 0 Å². The van der Waals surface area contributed by atoms with Gasteiger partial charge in [0.05, 0.1) is 11.6 Å². The van der Waals surface area contributed by atoms with E-state index in [9.17, 15) is 9.18 Å². The Labute approximate surface area is 139 Å². The number of hydrogen-bond acceptors (Lipinski definition) is 3. The van der Waals surface area contributed by atoms with Crippen molar-refractivity contribution in [2.24, 2.45) is 0 Å². The summed E-state index contributed by atoms with van der Waals surface area (Å²) >= 11 is 5.94. The van der Waals surface area contributed by atoms with Crippen molar-refractivity contribution in [3.63, 3.8) is 0 Å². The molecule has 0 aliphatic rings. The Balaban J connectivity index is 2.14. The van der Waals surface area contributed by atoms with Crippen molar-refractivity contribution >= 4 is 23.2 Å². The maximum Gasteiger partial charge on any atom is 0.251 e. The van der Waals surface area contributed by atoms with E-state index < -0.39 is 5.82 Å². The number of carbonyl (C=O) groups excluding carboxylic acids is 1. The molecule has 4 nitrogen and oxygen atoms in total. The summed E-state index contributed by atoms with van der Waals surface area (Å²) in [6.07, 6.45) is 0. The summed E-state index contributed by atoms with van der Waals surface area (Å²) in [5, 5.41) is 14.7. The van der Waals surface area contributed by atoms with Crippen LogP contribution in [-0.2, 0) is 6.54 Å². The number of halogens is 2. The van der Waals surface area contributed by atoms with Crippen LogP contribution in [0.15, 0.2) is 36.4 Å². The minimum absolute atomic E-state index is 0.0921. The molecular formula is C17H18ClFN2O2. The van der Waals surface area contributed by atoms with Gasteiger partial charge >= 0.3 is 0 Å². The second kappa shape index (κ2) is 7.94. The zero-order valence-electron chi connectivity index (χ0n) is 12.7. The number of hydrogen-bond donors (Lipinski definition) is 3. The molecule has 0 aromatic heterocycles. The third-order valence-corrected chi connectivity index (χ3v) is 3.90. The number of rotatable bonds is 6. The molecule has 6 heteroatoms. The highest BCUT2D eigenvalue weighted by Crippen LogP contribution is 2.23. The first kappa shape index (κ1) is 17.2. The minimum atomic E-state index is -0.458. The fourth-order valence-corrected chi connectivity index (χ4v) is 2.41. The summed E-state index contributed by atoms with van der Waals surface area (Å²) < 4.78 is 13.4. The molecular weight excluding hydrogens is 319 g/mol. The lowest BCUT2D eigenvalue weighted by atomic mass is 10.1. The molecule has 2 aromatic carbocycles. The van der Waals surface area contributed by atoms with Crippen molar-refractivity contribution in [3.8, 4) is 0 Å². The van der Waals surface area contributed by atoms with E-state index in [2.05, 4.69) is 10.6 Å². The van der Waals surface area contributed by atoms with Gasteiger partial charge in [-0.05, 0) is 36.2 Å². The second-order valence-electron chi connectivity index (χ2n) is 5.02. The molecule has 0 fully saturated rings. The molecule has 3 N–H and O–H groups in total. The minimum Gasteiger partial charge on any atom is -0.395 e. The molecule has 0 aliphatic heterocycles. The van der Waals surface area contributed by atoms with Crippen LogP contribution in [-0.4, -0.2) is 24.2 Å². The predicted octanol–water partition coefficient (Wildman–Crippen LogP) is 3.12. The van der Waals surface area contributed by atoms with Crippen LogP contribution < -0.4 is 10.6 Å². The Morgan fingerprint density at radius 3 is 2.74 bits per heavy atom. The van der Waals surface area contributed by atoms with Crippen LogP contribution in [0, 0.1) is 12.7 Å². The average Bonchev–Trinajstić information content (AvgIpc) is 2.55. The SMILES string of the molecule is Cc1c(NCc2cccc(F)c2Cl)cccc1C(=O)NCCO. The number of carbonyl (C=O) groups is 1. The van der Waals surface area contributed by atoms with Crippen molar-refractivity contribution in [3.05, 3.63) is 63.9 Å². The van der Waals surface area contributed by atoms with Gasteiger partial charge in [0.15, 0.2) is 0 Å². The summed E-state index contributed by atoms with van der Waals surface area (Å²) in [4.78, 5) is 12.0. The molecule has 0 aliphatic carbocycles. The van der Waals surface area contributed by atoms with E-state index in [0.717, 1.165) is 11.3 Å². The van der Waals surface area contributed by atoms with E-state index in [1.807, 2.05) is 13.0 Å². The van der Waals surface area contributed by atoms with Crippen LogP contribution >= 0.6 is 11.6 Å². The molecule has 2 aromatic rings. The van der Waals surface area contributed by atoms with Gasteiger partial charge < -0.3 is 15.7 Å². The number of amides is 1. The first-order valence-electron chi connectivity index (χ1n) is 7.20. The molecule has 122 valence electrons. The number of aliphatic hydroxyl groups is 1. The molecule has 23 heavy (non-hydrogen) atoms. The standard InChI is InChI=1S/C17H18ClFN2O2/c1-11-13(17(23)20-8-9-22)5-3-7-15(11)21-10-12-4-2-6-14(19)16(12)18/h2-7,21-22H,8-10H2,1H3,(H,20,23). The fourth-order valence-electron chi connectivity index (χ4n) is 2.21. The normalized spacial score (nSPS) is 10.4. The van der Waals surface area contributed by atoms with E-state index >= 15 is 0 Å². The van der Waals surface area contributed by atoms with Gasteiger partial charge in [0.1, 0.15) is 5.82 Å². The van der Waals surface area contributed by atoms with Gasteiger partial charge in [-0.15, -0.1) is 0 Å². The quantitative estimate of drug-likeness (QED) is 0.759. The van der Waals surface area contributed by atoms with Crippen LogP contribution in [0.3, 0.4) is 0 Å². The molecule has 0 bridgehead atoms. The van der Waals surface area contributed by atoms with Gasteiger partial charge in [-0.1, -0.05) is 29.8 Å². The van der Waals surface area contributed by atoms with Crippen molar-refractivity contribution < 1.29 is 14.3 Å². The summed E-state index contributed by atoms with van der Waals surface area (Å²) in [5.74, 6) is -0.705. The van der Waals surface area contributed by atoms with Crippen molar-refractivity contribution in [1.29, 1.82) is 0 Å². The van der Waals surface area contributed by atoms with Crippen molar-refractivity contribution in [2.45, 2.75) is 13.5 Å². The molecule has 0 spiro atoms. The van der Waals surface area contributed by atoms with Crippen LogP contribution in [0.2, 0.25) is 5.02 Å². The Bertz CT molecular complexity index is 707. The topological polar surface area (TPSA) is 61.4 Å². The average molecular weight is 337 g/mol. The van der Waals surface area contributed by atoms with Crippen LogP contribution in [0.4, 0.5) is 10.1 Å². The highest BCUT2D eigenvalue weighted by molar-refractivity contribution is 6.31. The van der Waals surface area contributed by atoms with Crippen LogP contribution in [0.1, 0.15) is 21.5 Å². The maximum atomic E-state index is 13.4. The zero-order valence-corrected chi connectivity index (χ0v) is 13.5. The van der Waals surface area contributed by atoms with Crippen LogP contribution in [0.5, 0.6) is 0 Å². The van der Waals surface area contributed by atoms with Crippen molar-refractivity contribution in [2.75, 3.05) is 18.5 Å². The van der Waals surface area contributed by atoms with E-state index in [-0.39, 0.29) is 24.1 Å². The van der Waals surface area contributed by atoms with Crippen molar-refractivity contribution in [1.82, 2.24) is 5.32 Å². The van der Waals surface area contributed by atoms with Gasteiger partial charge in [0, 0.05) is 24.3 Å². The highest BCUT2D eigenvalue weighted by Gasteiger charge is 2.12. The Kier molecular flexibility index (Phi) is 5.96. The number of nitrogens with one attached hydrogen (secondary N) is 2. The van der Waals surface area contributed by atoms with Gasteiger partial charge in [-0.2, -0.15) is 0 Å². The Hall–Kier alpha value is -2.11. The third-order valence-electron chi connectivity index (χ3n) is 3.48. The van der Waals surface area contributed by atoms with E-state index in [1.165, 1.54) is 6.07 Å². The largest absolute Gasteiger partial charge is 0.395 e. The molecule has 0 radical (unpaired) electrons. The molecule has 0 heterocycles. The molecule has 2 rings (SSSR count). The molecule has 0 saturated carbocycles.